The molecule has 1 aromatic heterocycles. The quantitative estimate of drug-likeness (QED) is 0.588. The van der Waals surface area contributed by atoms with Gasteiger partial charge in [-0.1, -0.05) is 0 Å². The van der Waals surface area contributed by atoms with Crippen molar-refractivity contribution >= 4 is 11.5 Å². The van der Waals surface area contributed by atoms with E-state index in [9.17, 15) is 0 Å². The molecule has 5 nitrogen and oxygen atoms in total. The number of H-pyrrole nitrogens is 1. The van der Waals surface area contributed by atoms with Crippen molar-refractivity contribution in [2.24, 2.45) is 0 Å². The van der Waals surface area contributed by atoms with Crippen LogP contribution in [0.2, 0.25) is 0 Å². The minimum atomic E-state index is 0.609. The summed E-state index contributed by atoms with van der Waals surface area (Å²) in [5.74, 6) is 0.609. The summed E-state index contributed by atoms with van der Waals surface area (Å²) in [7, 11) is 4.17. The van der Waals surface area contributed by atoms with Gasteiger partial charge in [0.1, 0.15) is 5.82 Å². The summed E-state index contributed by atoms with van der Waals surface area (Å²) < 4.78 is 0. The third-order valence-electron chi connectivity index (χ3n) is 2.02. The molecule has 0 aromatic carbocycles. The second kappa shape index (κ2) is 5.49. The van der Waals surface area contributed by atoms with Crippen LogP contribution >= 0.6 is 0 Å². The molecule has 1 heterocycles. The van der Waals surface area contributed by atoms with Crippen LogP contribution in [-0.4, -0.2) is 42.3 Å². The molecule has 0 bridgehead atoms. The highest BCUT2D eigenvalue weighted by Crippen LogP contribution is 2.12. The van der Waals surface area contributed by atoms with Crippen molar-refractivity contribution in [3.63, 3.8) is 0 Å². The van der Waals surface area contributed by atoms with E-state index in [4.69, 9.17) is 5.73 Å². The molecule has 4 N–H and O–H groups in total. The zero-order valence-corrected chi connectivity index (χ0v) is 8.88. The van der Waals surface area contributed by atoms with Crippen LogP contribution in [0, 0.1) is 0 Å². The normalized spacial score (nSPS) is 10.8. The monoisotopic (exact) mass is 197 g/mol. The Morgan fingerprint density at radius 3 is 2.86 bits per heavy atom. The number of nitrogen functional groups attached to an aromatic ring is 1. The Balaban J connectivity index is 2.08. The van der Waals surface area contributed by atoms with E-state index >= 15 is 0 Å². The van der Waals surface area contributed by atoms with Crippen LogP contribution in [0.1, 0.15) is 12.8 Å². The number of unbranched alkanes of at least 4 members (excludes halogenated alkanes) is 1. The van der Waals surface area contributed by atoms with Crippen LogP contribution in [0.3, 0.4) is 0 Å². The molecule has 0 aliphatic carbocycles. The summed E-state index contributed by atoms with van der Waals surface area (Å²) >= 11 is 0. The van der Waals surface area contributed by atoms with Crippen LogP contribution in [0.25, 0.3) is 0 Å². The van der Waals surface area contributed by atoms with Crippen molar-refractivity contribution < 1.29 is 0 Å². The molecule has 5 heteroatoms. The third kappa shape index (κ3) is 3.66. The Labute approximate surface area is 84.7 Å². The molecule has 0 saturated heterocycles. The maximum atomic E-state index is 5.61. The Bertz CT molecular complexity index is 255. The molecule has 0 saturated carbocycles. The van der Waals surface area contributed by atoms with Gasteiger partial charge < -0.3 is 16.0 Å². The number of nitrogens with two attached hydrogens (primary N) is 1. The van der Waals surface area contributed by atoms with E-state index in [1.54, 1.807) is 6.20 Å². The minimum Gasteiger partial charge on any atom is -0.382 e. The largest absolute Gasteiger partial charge is 0.382 e. The van der Waals surface area contributed by atoms with Gasteiger partial charge in [-0.2, -0.15) is 5.10 Å². The molecule has 1 rings (SSSR count). The smallest absolute Gasteiger partial charge is 0.142 e. The summed E-state index contributed by atoms with van der Waals surface area (Å²) in [6.07, 6.45) is 4.04. The lowest BCUT2D eigenvalue weighted by molar-refractivity contribution is 0.396. The lowest BCUT2D eigenvalue weighted by atomic mass is 10.3. The topological polar surface area (TPSA) is 70.0 Å². The fraction of sp³-hybridized carbons (Fsp3) is 0.667. The number of hydrogen-bond acceptors (Lipinski definition) is 4. The second-order valence-corrected chi connectivity index (χ2v) is 3.63. The molecule has 0 unspecified atom stereocenters. The number of hydrogen-bond donors (Lipinski definition) is 3. The van der Waals surface area contributed by atoms with Gasteiger partial charge in [0.2, 0.25) is 0 Å². The SMILES string of the molecule is CN(C)CCCCNc1cn[nH]c1N. The average molecular weight is 197 g/mol. The van der Waals surface area contributed by atoms with Crippen molar-refractivity contribution in [3.8, 4) is 0 Å². The summed E-state index contributed by atoms with van der Waals surface area (Å²) in [4.78, 5) is 2.19. The number of nitrogens with zero attached hydrogens (tertiary/aromatic N) is 2. The van der Waals surface area contributed by atoms with Crippen molar-refractivity contribution in [2.45, 2.75) is 12.8 Å². The van der Waals surface area contributed by atoms with E-state index in [2.05, 4.69) is 34.5 Å². The maximum Gasteiger partial charge on any atom is 0.142 e. The lowest BCUT2D eigenvalue weighted by Crippen LogP contribution is -2.14. The van der Waals surface area contributed by atoms with Gasteiger partial charge >= 0.3 is 0 Å². The molecule has 0 aliphatic rings. The zero-order valence-electron chi connectivity index (χ0n) is 8.88. The highest BCUT2D eigenvalue weighted by atomic mass is 15.2. The van der Waals surface area contributed by atoms with Crippen LogP contribution in [-0.2, 0) is 0 Å². The first-order valence-corrected chi connectivity index (χ1v) is 4.87. The molecule has 0 amide bonds. The van der Waals surface area contributed by atoms with Gasteiger partial charge in [-0.15, -0.1) is 0 Å². The Morgan fingerprint density at radius 1 is 1.50 bits per heavy atom. The molecule has 14 heavy (non-hydrogen) atoms. The van der Waals surface area contributed by atoms with Crippen molar-refractivity contribution in [1.29, 1.82) is 0 Å². The van der Waals surface area contributed by atoms with Crippen LogP contribution in [0.4, 0.5) is 11.5 Å². The van der Waals surface area contributed by atoms with Crippen LogP contribution < -0.4 is 11.1 Å². The molecule has 0 radical (unpaired) electrons. The molecular weight excluding hydrogens is 178 g/mol. The van der Waals surface area contributed by atoms with Gasteiger partial charge in [-0.3, -0.25) is 5.10 Å². The van der Waals surface area contributed by atoms with Crippen LogP contribution in [0.5, 0.6) is 0 Å². The van der Waals surface area contributed by atoms with E-state index in [-0.39, 0.29) is 0 Å². The van der Waals surface area contributed by atoms with E-state index < -0.39 is 0 Å². The minimum absolute atomic E-state index is 0.609. The average Bonchev–Trinajstić information content (AvgIpc) is 2.51. The standard InChI is InChI=1S/C9H19N5/c1-14(2)6-4-3-5-11-8-7-12-13-9(8)10/h7,11H,3-6H2,1-2H3,(H3,10,12,13). The first kappa shape index (κ1) is 10.8. The number of rotatable bonds is 6. The number of anilines is 2. The Morgan fingerprint density at radius 2 is 2.29 bits per heavy atom. The Hall–Kier alpha value is -1.23. The van der Waals surface area contributed by atoms with E-state index in [1.807, 2.05) is 0 Å². The van der Waals surface area contributed by atoms with E-state index in [0.717, 1.165) is 25.2 Å². The van der Waals surface area contributed by atoms with Gasteiger partial charge in [-0.05, 0) is 33.5 Å². The second-order valence-electron chi connectivity index (χ2n) is 3.63. The molecular formula is C9H19N5. The predicted molar refractivity (Wildman–Crippen MR) is 59.3 cm³/mol. The lowest BCUT2D eigenvalue weighted by Gasteiger charge is -2.09. The molecule has 1 aromatic rings. The molecule has 0 fully saturated rings. The molecule has 80 valence electrons. The number of aromatic nitrogens is 2. The highest BCUT2D eigenvalue weighted by Gasteiger charge is 1.98. The fourth-order valence-corrected chi connectivity index (χ4v) is 1.21. The summed E-state index contributed by atoms with van der Waals surface area (Å²) in [5.41, 5.74) is 6.51. The maximum absolute atomic E-state index is 5.61. The molecule has 0 spiro atoms. The Kier molecular flexibility index (Phi) is 4.25. The molecule has 0 atom stereocenters. The van der Waals surface area contributed by atoms with Gasteiger partial charge in [0.25, 0.3) is 0 Å². The fourth-order valence-electron chi connectivity index (χ4n) is 1.21. The summed E-state index contributed by atoms with van der Waals surface area (Å²) in [6, 6.07) is 0. The zero-order chi connectivity index (χ0) is 10.4. The van der Waals surface area contributed by atoms with E-state index in [1.165, 1.54) is 6.42 Å². The van der Waals surface area contributed by atoms with Gasteiger partial charge in [0.15, 0.2) is 0 Å². The third-order valence-corrected chi connectivity index (χ3v) is 2.02. The number of nitrogens with one attached hydrogen (secondary N) is 2. The summed E-state index contributed by atoms with van der Waals surface area (Å²) in [6.45, 7) is 2.07. The first-order chi connectivity index (χ1) is 6.70. The summed E-state index contributed by atoms with van der Waals surface area (Å²) in [5, 5.41) is 9.74. The predicted octanol–water partition coefficient (Wildman–Crippen LogP) is 0.746. The van der Waals surface area contributed by atoms with Gasteiger partial charge in [0.05, 0.1) is 11.9 Å². The van der Waals surface area contributed by atoms with Crippen LogP contribution in [0.15, 0.2) is 6.20 Å². The van der Waals surface area contributed by atoms with Crippen molar-refractivity contribution in [2.75, 3.05) is 38.2 Å². The van der Waals surface area contributed by atoms with Gasteiger partial charge in [0, 0.05) is 6.54 Å². The van der Waals surface area contributed by atoms with E-state index in [0.29, 0.717) is 5.82 Å². The highest BCUT2D eigenvalue weighted by molar-refractivity contribution is 5.59. The van der Waals surface area contributed by atoms with Crippen molar-refractivity contribution in [3.05, 3.63) is 6.20 Å². The first-order valence-electron chi connectivity index (χ1n) is 4.87. The van der Waals surface area contributed by atoms with Gasteiger partial charge in [-0.25, -0.2) is 0 Å². The van der Waals surface area contributed by atoms with Crippen molar-refractivity contribution in [1.82, 2.24) is 15.1 Å². The molecule has 0 aliphatic heterocycles. The number of aromatic amines is 1.